The molecule has 0 saturated heterocycles. The van der Waals surface area contributed by atoms with Crippen molar-refractivity contribution in [1.29, 1.82) is 0 Å². The molecule has 1 aromatic heterocycles. The summed E-state index contributed by atoms with van der Waals surface area (Å²) in [6, 6.07) is 9.94. The Morgan fingerprint density at radius 3 is 2.47 bits per heavy atom. The minimum atomic E-state index is 0.426. The number of ether oxygens (including phenoxy) is 1. The molecule has 0 saturated carbocycles. The second kappa shape index (κ2) is 5.15. The van der Waals surface area contributed by atoms with E-state index in [1.165, 1.54) is 0 Å². The van der Waals surface area contributed by atoms with Crippen molar-refractivity contribution in [3.05, 3.63) is 52.2 Å². The molecule has 0 bridgehead atoms. The van der Waals surface area contributed by atoms with Gasteiger partial charge in [0, 0.05) is 5.56 Å². The average molecular weight is 249 g/mol. The Morgan fingerprint density at radius 2 is 1.76 bits per heavy atom. The van der Waals surface area contributed by atoms with Crippen LogP contribution in [0.2, 0.25) is 5.15 Å². The molecule has 0 amide bonds. The predicted octanol–water partition coefficient (Wildman–Crippen LogP) is 3.33. The second-order valence-corrected chi connectivity index (χ2v) is 4.18. The highest BCUT2D eigenvalue weighted by Gasteiger charge is 2.08. The highest BCUT2D eigenvalue weighted by Crippen LogP contribution is 2.22. The molecule has 17 heavy (non-hydrogen) atoms. The fraction of sp³-hybridized carbons (Fsp3) is 0.231. The first-order valence-corrected chi connectivity index (χ1v) is 5.72. The van der Waals surface area contributed by atoms with Gasteiger partial charge in [0.25, 0.3) is 0 Å². The van der Waals surface area contributed by atoms with E-state index in [2.05, 4.69) is 10.2 Å². The molecular formula is C13H13ClN2O. The van der Waals surface area contributed by atoms with Crippen LogP contribution in [0.4, 0.5) is 0 Å². The van der Waals surface area contributed by atoms with Crippen LogP contribution in [0.1, 0.15) is 16.7 Å². The number of hydrogen-bond donors (Lipinski definition) is 0. The lowest BCUT2D eigenvalue weighted by molar-refractivity contribution is 0.287. The van der Waals surface area contributed by atoms with E-state index in [1.807, 2.05) is 44.2 Å². The summed E-state index contributed by atoms with van der Waals surface area (Å²) in [7, 11) is 0. The first-order chi connectivity index (χ1) is 8.18. The molecule has 2 aromatic rings. The maximum absolute atomic E-state index is 5.87. The SMILES string of the molecule is Cc1c(Cl)nnc(OCc2ccccc2)c1C. The van der Waals surface area contributed by atoms with Gasteiger partial charge in [-0.1, -0.05) is 41.9 Å². The quantitative estimate of drug-likeness (QED) is 0.836. The Kier molecular flexibility index (Phi) is 3.59. The largest absolute Gasteiger partial charge is 0.472 e. The molecule has 0 N–H and O–H groups in total. The molecule has 0 atom stereocenters. The Bertz CT molecular complexity index is 514. The van der Waals surface area contributed by atoms with Gasteiger partial charge in [-0.25, -0.2) is 0 Å². The van der Waals surface area contributed by atoms with Crippen LogP contribution < -0.4 is 4.74 Å². The van der Waals surface area contributed by atoms with Gasteiger partial charge in [-0.15, -0.1) is 10.2 Å². The van der Waals surface area contributed by atoms with Gasteiger partial charge in [0.2, 0.25) is 5.88 Å². The Hall–Kier alpha value is -1.61. The fourth-order valence-electron chi connectivity index (χ4n) is 1.42. The minimum Gasteiger partial charge on any atom is -0.472 e. The van der Waals surface area contributed by atoms with E-state index in [0.29, 0.717) is 17.6 Å². The average Bonchev–Trinajstić information content (AvgIpc) is 2.36. The zero-order valence-electron chi connectivity index (χ0n) is 9.77. The zero-order valence-corrected chi connectivity index (χ0v) is 10.5. The lowest BCUT2D eigenvalue weighted by atomic mass is 10.2. The van der Waals surface area contributed by atoms with Crippen molar-refractivity contribution >= 4 is 11.6 Å². The molecule has 0 radical (unpaired) electrons. The third-order valence-electron chi connectivity index (χ3n) is 2.64. The van der Waals surface area contributed by atoms with Gasteiger partial charge in [0.15, 0.2) is 5.15 Å². The van der Waals surface area contributed by atoms with Crippen molar-refractivity contribution < 1.29 is 4.74 Å². The summed E-state index contributed by atoms with van der Waals surface area (Å²) in [6.45, 7) is 4.31. The van der Waals surface area contributed by atoms with E-state index < -0.39 is 0 Å². The van der Waals surface area contributed by atoms with Crippen molar-refractivity contribution in [1.82, 2.24) is 10.2 Å². The normalized spacial score (nSPS) is 10.3. The Labute approximate surface area is 105 Å². The number of aromatic nitrogens is 2. The maximum atomic E-state index is 5.87. The van der Waals surface area contributed by atoms with Gasteiger partial charge in [-0.3, -0.25) is 0 Å². The predicted molar refractivity (Wildman–Crippen MR) is 67.3 cm³/mol. The van der Waals surface area contributed by atoms with Gasteiger partial charge in [0.1, 0.15) is 6.61 Å². The Balaban J connectivity index is 2.13. The molecule has 0 unspecified atom stereocenters. The lowest BCUT2D eigenvalue weighted by Gasteiger charge is -2.09. The second-order valence-electron chi connectivity index (χ2n) is 3.82. The highest BCUT2D eigenvalue weighted by atomic mass is 35.5. The minimum absolute atomic E-state index is 0.426. The van der Waals surface area contributed by atoms with Crippen LogP contribution in [-0.2, 0) is 6.61 Å². The third kappa shape index (κ3) is 2.74. The fourth-order valence-corrected chi connectivity index (χ4v) is 1.60. The monoisotopic (exact) mass is 248 g/mol. The molecule has 0 aliphatic heterocycles. The van der Waals surface area contributed by atoms with Gasteiger partial charge >= 0.3 is 0 Å². The zero-order chi connectivity index (χ0) is 12.3. The maximum Gasteiger partial charge on any atom is 0.237 e. The van der Waals surface area contributed by atoms with Crippen LogP contribution in [0.3, 0.4) is 0 Å². The van der Waals surface area contributed by atoms with Crippen molar-refractivity contribution in [3.63, 3.8) is 0 Å². The highest BCUT2D eigenvalue weighted by molar-refractivity contribution is 6.30. The van der Waals surface area contributed by atoms with Crippen LogP contribution in [0, 0.1) is 13.8 Å². The molecule has 3 nitrogen and oxygen atoms in total. The van der Waals surface area contributed by atoms with Gasteiger partial charge in [-0.2, -0.15) is 0 Å². The van der Waals surface area contributed by atoms with E-state index in [1.54, 1.807) is 0 Å². The molecule has 1 heterocycles. The van der Waals surface area contributed by atoms with E-state index in [4.69, 9.17) is 16.3 Å². The molecular weight excluding hydrogens is 236 g/mol. The molecule has 4 heteroatoms. The van der Waals surface area contributed by atoms with Crippen LogP contribution in [-0.4, -0.2) is 10.2 Å². The van der Waals surface area contributed by atoms with Crippen molar-refractivity contribution in [2.24, 2.45) is 0 Å². The summed E-state index contributed by atoms with van der Waals surface area (Å²) in [5.74, 6) is 0.538. The van der Waals surface area contributed by atoms with Crippen LogP contribution in [0.15, 0.2) is 30.3 Å². The molecule has 0 spiro atoms. The number of hydrogen-bond acceptors (Lipinski definition) is 3. The molecule has 0 aliphatic carbocycles. The first-order valence-electron chi connectivity index (χ1n) is 5.34. The van der Waals surface area contributed by atoms with Crippen LogP contribution in [0.5, 0.6) is 5.88 Å². The molecule has 0 aliphatic rings. The van der Waals surface area contributed by atoms with Crippen LogP contribution in [0.25, 0.3) is 0 Å². The van der Waals surface area contributed by atoms with E-state index >= 15 is 0 Å². The van der Waals surface area contributed by atoms with Gasteiger partial charge < -0.3 is 4.74 Å². The number of benzene rings is 1. The summed E-state index contributed by atoms with van der Waals surface area (Å²) < 4.78 is 5.63. The van der Waals surface area contributed by atoms with Crippen molar-refractivity contribution in [2.75, 3.05) is 0 Å². The first kappa shape index (κ1) is 11.9. The summed E-state index contributed by atoms with van der Waals surface area (Å²) in [6.07, 6.45) is 0. The molecule has 0 fully saturated rings. The van der Waals surface area contributed by atoms with Crippen molar-refractivity contribution in [3.8, 4) is 5.88 Å². The third-order valence-corrected chi connectivity index (χ3v) is 3.00. The van der Waals surface area contributed by atoms with Gasteiger partial charge in [0.05, 0.1) is 0 Å². The summed E-state index contributed by atoms with van der Waals surface area (Å²) in [5, 5.41) is 8.22. The number of nitrogens with zero attached hydrogens (tertiary/aromatic N) is 2. The lowest BCUT2D eigenvalue weighted by Crippen LogP contribution is -2.02. The summed E-state index contributed by atoms with van der Waals surface area (Å²) >= 11 is 5.87. The standard InChI is InChI=1S/C13H13ClN2O/c1-9-10(2)13(16-15-12(9)14)17-8-11-6-4-3-5-7-11/h3-7H,8H2,1-2H3. The number of rotatable bonds is 3. The van der Waals surface area contributed by atoms with E-state index in [0.717, 1.165) is 16.7 Å². The smallest absolute Gasteiger partial charge is 0.237 e. The summed E-state index contributed by atoms with van der Waals surface area (Å²) in [5.41, 5.74) is 2.94. The topological polar surface area (TPSA) is 35.0 Å². The van der Waals surface area contributed by atoms with E-state index in [-0.39, 0.29) is 0 Å². The Morgan fingerprint density at radius 1 is 1.06 bits per heavy atom. The summed E-state index contributed by atoms with van der Waals surface area (Å²) in [4.78, 5) is 0. The van der Waals surface area contributed by atoms with Gasteiger partial charge in [-0.05, 0) is 25.0 Å². The molecule has 2 rings (SSSR count). The molecule has 1 aromatic carbocycles. The number of halogens is 1. The molecule has 88 valence electrons. The van der Waals surface area contributed by atoms with Crippen molar-refractivity contribution in [2.45, 2.75) is 20.5 Å². The van der Waals surface area contributed by atoms with Crippen LogP contribution >= 0.6 is 11.6 Å². The van der Waals surface area contributed by atoms with E-state index in [9.17, 15) is 0 Å².